The Kier molecular flexibility index (Phi) is 5.03. The third-order valence-corrected chi connectivity index (χ3v) is 3.65. The number of benzene rings is 1. The number of hydrogen-bond donors (Lipinski definition) is 1. The van der Waals surface area contributed by atoms with Crippen molar-refractivity contribution < 1.29 is 19.1 Å². The molecule has 1 aromatic rings. The minimum absolute atomic E-state index is 0.165. The Morgan fingerprint density at radius 3 is 2.90 bits per heavy atom. The van der Waals surface area contributed by atoms with Gasteiger partial charge < -0.3 is 19.7 Å². The van der Waals surface area contributed by atoms with Crippen molar-refractivity contribution in [2.24, 2.45) is 0 Å². The quantitative estimate of drug-likeness (QED) is 0.849. The largest absolute Gasteiger partial charge is 0.467 e. The highest BCUT2D eigenvalue weighted by Crippen LogP contribution is 2.20. The topological polar surface area (TPSA) is 67.9 Å². The molecule has 1 unspecified atom stereocenters. The minimum Gasteiger partial charge on any atom is -0.467 e. The monoisotopic (exact) mass is 312 g/mol. The number of halogens is 1. The normalized spacial score (nSPS) is 18.2. The summed E-state index contributed by atoms with van der Waals surface area (Å²) in [6, 6.07) is 4.99. The van der Waals surface area contributed by atoms with E-state index in [-0.39, 0.29) is 12.6 Å². The number of hydrogen-bond acceptors (Lipinski definition) is 4. The summed E-state index contributed by atoms with van der Waals surface area (Å²) in [6.07, 6.45) is -0.740. The maximum absolute atomic E-state index is 12.2. The molecule has 1 aromatic carbocycles. The van der Waals surface area contributed by atoms with Gasteiger partial charge in [0, 0.05) is 17.3 Å². The molecule has 0 saturated carbocycles. The van der Waals surface area contributed by atoms with E-state index in [1.165, 1.54) is 12.0 Å². The Morgan fingerprint density at radius 2 is 2.24 bits per heavy atom. The van der Waals surface area contributed by atoms with Crippen molar-refractivity contribution in [2.45, 2.75) is 13.0 Å². The van der Waals surface area contributed by atoms with Crippen molar-refractivity contribution in [3.8, 4) is 0 Å². The molecule has 7 heteroatoms. The first kappa shape index (κ1) is 15.6. The molecule has 2 amide bonds. The van der Waals surface area contributed by atoms with E-state index in [0.717, 1.165) is 5.56 Å². The van der Waals surface area contributed by atoms with E-state index >= 15 is 0 Å². The third-order valence-electron chi connectivity index (χ3n) is 3.24. The molecular formula is C14H17ClN2O4. The summed E-state index contributed by atoms with van der Waals surface area (Å²) in [4.78, 5) is 25.1. The third kappa shape index (κ3) is 3.86. The summed E-state index contributed by atoms with van der Waals surface area (Å²) < 4.78 is 9.90. The number of anilines is 1. The molecule has 6 nitrogen and oxygen atoms in total. The van der Waals surface area contributed by atoms with Gasteiger partial charge in [0.25, 0.3) is 0 Å². The van der Waals surface area contributed by atoms with Crippen LogP contribution in [0, 0.1) is 6.92 Å². The zero-order chi connectivity index (χ0) is 15.4. The minimum atomic E-state index is -0.740. The fraction of sp³-hybridized carbons (Fsp3) is 0.429. The number of nitrogens with one attached hydrogen (secondary N) is 1. The smallest absolute Gasteiger partial charge is 0.336 e. The van der Waals surface area contributed by atoms with Gasteiger partial charge in [0.1, 0.15) is 0 Å². The molecule has 0 radical (unpaired) electrons. The molecule has 0 bridgehead atoms. The van der Waals surface area contributed by atoms with E-state index < -0.39 is 12.1 Å². The summed E-state index contributed by atoms with van der Waals surface area (Å²) in [5.74, 6) is -0.481. The van der Waals surface area contributed by atoms with E-state index in [4.69, 9.17) is 16.3 Å². The molecule has 0 spiro atoms. The van der Waals surface area contributed by atoms with Crippen LogP contribution >= 0.6 is 11.6 Å². The van der Waals surface area contributed by atoms with Gasteiger partial charge in [0.2, 0.25) is 0 Å². The van der Waals surface area contributed by atoms with Crippen molar-refractivity contribution in [1.29, 1.82) is 0 Å². The molecule has 1 fully saturated rings. The van der Waals surface area contributed by atoms with Gasteiger partial charge in [0.05, 0.1) is 20.3 Å². The molecule has 0 aromatic heterocycles. The second kappa shape index (κ2) is 6.78. The molecule has 114 valence electrons. The molecule has 1 heterocycles. The second-order valence-corrected chi connectivity index (χ2v) is 5.13. The van der Waals surface area contributed by atoms with E-state index in [9.17, 15) is 9.59 Å². The molecule has 1 atom stereocenters. The van der Waals surface area contributed by atoms with Gasteiger partial charge in [0.15, 0.2) is 6.10 Å². The molecule has 2 rings (SSSR count). The van der Waals surface area contributed by atoms with Gasteiger partial charge in [-0.2, -0.15) is 0 Å². The lowest BCUT2D eigenvalue weighted by molar-refractivity contribution is -0.158. The van der Waals surface area contributed by atoms with Crippen molar-refractivity contribution in [1.82, 2.24) is 4.90 Å². The van der Waals surface area contributed by atoms with Crippen LogP contribution in [0.3, 0.4) is 0 Å². The number of amides is 2. The lowest BCUT2D eigenvalue weighted by Gasteiger charge is -2.31. The number of urea groups is 1. The average Bonchev–Trinajstić information content (AvgIpc) is 2.50. The number of rotatable bonds is 2. The highest BCUT2D eigenvalue weighted by molar-refractivity contribution is 6.31. The number of carbonyl (C=O) groups is 2. The zero-order valence-corrected chi connectivity index (χ0v) is 12.6. The number of carbonyl (C=O) groups excluding carboxylic acids is 2. The summed E-state index contributed by atoms with van der Waals surface area (Å²) in [5.41, 5.74) is 1.54. The molecule has 1 aliphatic heterocycles. The van der Waals surface area contributed by atoms with Gasteiger partial charge in [-0.1, -0.05) is 17.7 Å². The van der Waals surface area contributed by atoms with Crippen LogP contribution in [0.15, 0.2) is 18.2 Å². The number of methoxy groups -OCH3 is 1. The van der Waals surface area contributed by atoms with Crippen LogP contribution in [0.2, 0.25) is 5.02 Å². The Hall–Kier alpha value is -1.79. The fourth-order valence-corrected chi connectivity index (χ4v) is 2.16. The van der Waals surface area contributed by atoms with Crippen LogP contribution in [0.1, 0.15) is 5.56 Å². The van der Waals surface area contributed by atoms with Gasteiger partial charge in [-0.3, -0.25) is 0 Å². The SMILES string of the molecule is COC(=O)C1CN(C(=O)Nc2ccc(C)c(Cl)c2)CCO1. The zero-order valence-electron chi connectivity index (χ0n) is 11.9. The van der Waals surface area contributed by atoms with Crippen molar-refractivity contribution in [3.63, 3.8) is 0 Å². The molecule has 1 aliphatic rings. The van der Waals surface area contributed by atoms with Crippen LogP contribution in [0.25, 0.3) is 0 Å². The standard InChI is InChI=1S/C14H17ClN2O4/c1-9-3-4-10(7-11(9)15)16-14(19)17-5-6-21-12(8-17)13(18)20-2/h3-4,7,12H,5-6,8H2,1-2H3,(H,16,19). The number of esters is 1. The van der Waals surface area contributed by atoms with Crippen LogP contribution in [-0.4, -0.2) is 49.8 Å². The first-order valence-corrected chi connectivity index (χ1v) is 6.90. The predicted octanol–water partition coefficient (Wildman–Crippen LogP) is 2.05. The first-order valence-electron chi connectivity index (χ1n) is 6.52. The maximum Gasteiger partial charge on any atom is 0.336 e. The van der Waals surface area contributed by atoms with E-state index in [2.05, 4.69) is 10.1 Å². The highest BCUT2D eigenvalue weighted by Gasteiger charge is 2.29. The number of morpholine rings is 1. The Balaban J connectivity index is 1.99. The number of aryl methyl sites for hydroxylation is 1. The highest BCUT2D eigenvalue weighted by atomic mass is 35.5. The molecule has 1 saturated heterocycles. The molecular weight excluding hydrogens is 296 g/mol. The van der Waals surface area contributed by atoms with Crippen LogP contribution in [0.5, 0.6) is 0 Å². The fourth-order valence-electron chi connectivity index (χ4n) is 1.98. The molecule has 1 N–H and O–H groups in total. The first-order chi connectivity index (χ1) is 10.0. The van der Waals surface area contributed by atoms with E-state index in [0.29, 0.717) is 23.9 Å². The lowest BCUT2D eigenvalue weighted by atomic mass is 10.2. The van der Waals surface area contributed by atoms with Gasteiger partial charge >= 0.3 is 12.0 Å². The van der Waals surface area contributed by atoms with Gasteiger partial charge in [-0.15, -0.1) is 0 Å². The predicted molar refractivity (Wildman–Crippen MR) is 78.5 cm³/mol. The number of ether oxygens (including phenoxy) is 2. The molecule has 0 aliphatic carbocycles. The Labute approximate surface area is 128 Å². The average molecular weight is 313 g/mol. The van der Waals surface area contributed by atoms with Crippen LogP contribution < -0.4 is 5.32 Å². The van der Waals surface area contributed by atoms with Crippen LogP contribution in [0.4, 0.5) is 10.5 Å². The van der Waals surface area contributed by atoms with E-state index in [1.807, 2.05) is 13.0 Å². The van der Waals surface area contributed by atoms with E-state index in [1.54, 1.807) is 12.1 Å². The summed E-state index contributed by atoms with van der Waals surface area (Å²) in [7, 11) is 1.29. The Morgan fingerprint density at radius 1 is 1.48 bits per heavy atom. The number of nitrogens with zero attached hydrogens (tertiary/aromatic N) is 1. The Bertz CT molecular complexity index is 550. The van der Waals surface area contributed by atoms with Gasteiger partial charge in [-0.05, 0) is 24.6 Å². The van der Waals surface area contributed by atoms with Crippen molar-refractivity contribution in [3.05, 3.63) is 28.8 Å². The summed E-state index contributed by atoms with van der Waals surface area (Å²) >= 11 is 6.02. The van der Waals surface area contributed by atoms with Gasteiger partial charge in [-0.25, -0.2) is 9.59 Å². The van der Waals surface area contributed by atoms with Crippen molar-refractivity contribution in [2.75, 3.05) is 32.1 Å². The summed E-state index contributed by atoms with van der Waals surface area (Å²) in [5, 5.41) is 3.34. The lowest BCUT2D eigenvalue weighted by Crippen LogP contribution is -2.50. The second-order valence-electron chi connectivity index (χ2n) is 4.72. The van der Waals surface area contributed by atoms with Crippen molar-refractivity contribution >= 4 is 29.3 Å². The maximum atomic E-state index is 12.2. The summed E-state index contributed by atoms with van der Waals surface area (Å²) in [6.45, 7) is 2.76. The van der Waals surface area contributed by atoms with Crippen LogP contribution in [-0.2, 0) is 14.3 Å². The molecule has 21 heavy (non-hydrogen) atoms.